The van der Waals surface area contributed by atoms with Crippen molar-refractivity contribution in [2.45, 2.75) is 25.5 Å². The van der Waals surface area contributed by atoms with Gasteiger partial charge in [0.1, 0.15) is 5.75 Å². The highest BCUT2D eigenvalue weighted by Crippen LogP contribution is 2.33. The van der Waals surface area contributed by atoms with E-state index in [0.29, 0.717) is 0 Å². The molecule has 1 heterocycles. The first-order valence-corrected chi connectivity index (χ1v) is 8.55. The quantitative estimate of drug-likeness (QED) is 0.870. The summed E-state index contributed by atoms with van der Waals surface area (Å²) >= 11 is 8.10. The topological polar surface area (TPSA) is 30.5 Å². The zero-order valence-electron chi connectivity index (χ0n) is 12.0. The third-order valence-electron chi connectivity index (χ3n) is 3.35. The molecule has 1 N–H and O–H groups in total. The molecule has 0 amide bonds. The van der Waals surface area contributed by atoms with Crippen molar-refractivity contribution >= 4 is 23.4 Å². The maximum Gasteiger partial charge on any atom is 0.123 e. The normalized spacial score (nSPS) is 20.6. The summed E-state index contributed by atoms with van der Waals surface area (Å²) in [4.78, 5) is 0. The fraction of sp³-hybridized carbons (Fsp3) is 0.600. The molecular formula is C15H22ClNO2S. The van der Waals surface area contributed by atoms with Gasteiger partial charge in [-0.1, -0.05) is 18.5 Å². The minimum atomic E-state index is 0.122. The van der Waals surface area contributed by atoms with Gasteiger partial charge in [-0.3, -0.25) is 0 Å². The number of benzene rings is 1. The number of ether oxygens (including phenoxy) is 2. The van der Waals surface area contributed by atoms with Crippen molar-refractivity contribution in [3.8, 4) is 5.75 Å². The second-order valence-corrected chi connectivity index (χ2v) is 6.39. The van der Waals surface area contributed by atoms with Crippen molar-refractivity contribution in [3.05, 3.63) is 28.8 Å². The number of nitrogens with one attached hydrogen (secondary N) is 1. The Morgan fingerprint density at radius 1 is 1.55 bits per heavy atom. The van der Waals surface area contributed by atoms with Crippen molar-refractivity contribution in [2.24, 2.45) is 0 Å². The molecule has 1 aromatic carbocycles. The van der Waals surface area contributed by atoms with E-state index in [1.807, 2.05) is 30.0 Å². The predicted octanol–water partition coefficient (Wildman–Crippen LogP) is 3.52. The van der Waals surface area contributed by atoms with Crippen LogP contribution in [-0.4, -0.2) is 37.9 Å². The van der Waals surface area contributed by atoms with E-state index >= 15 is 0 Å². The predicted molar refractivity (Wildman–Crippen MR) is 86.1 cm³/mol. The Morgan fingerprint density at radius 2 is 2.40 bits per heavy atom. The standard InChI is InChI=1S/C15H22ClNO2S/c1-3-6-17-15(14-10-20-8-7-19-14)12-9-11(16)4-5-13(12)18-2/h4-5,9,14-15,17H,3,6-8,10H2,1-2H3. The van der Waals surface area contributed by atoms with Crippen LogP contribution in [0.25, 0.3) is 0 Å². The summed E-state index contributed by atoms with van der Waals surface area (Å²) in [6.07, 6.45) is 1.24. The molecule has 5 heteroatoms. The summed E-state index contributed by atoms with van der Waals surface area (Å²) in [6, 6.07) is 5.89. The Kier molecular flexibility index (Phi) is 6.49. The average molecular weight is 316 g/mol. The fourth-order valence-corrected chi connectivity index (χ4v) is 3.47. The molecule has 1 aromatic rings. The molecule has 1 saturated heterocycles. The van der Waals surface area contributed by atoms with E-state index in [9.17, 15) is 0 Å². The molecule has 0 aliphatic carbocycles. The zero-order chi connectivity index (χ0) is 14.4. The molecule has 112 valence electrons. The lowest BCUT2D eigenvalue weighted by Gasteiger charge is -2.32. The van der Waals surface area contributed by atoms with Gasteiger partial charge in [-0.25, -0.2) is 0 Å². The Balaban J connectivity index is 2.26. The van der Waals surface area contributed by atoms with E-state index < -0.39 is 0 Å². The average Bonchev–Trinajstić information content (AvgIpc) is 2.49. The van der Waals surface area contributed by atoms with E-state index in [0.717, 1.165) is 47.4 Å². The maximum absolute atomic E-state index is 6.16. The molecule has 1 fully saturated rings. The molecule has 0 bridgehead atoms. The first-order chi connectivity index (χ1) is 9.76. The number of methoxy groups -OCH3 is 1. The largest absolute Gasteiger partial charge is 0.496 e. The van der Waals surface area contributed by atoms with Gasteiger partial charge in [-0.05, 0) is 31.2 Å². The first-order valence-electron chi connectivity index (χ1n) is 7.02. The van der Waals surface area contributed by atoms with Gasteiger partial charge in [0.15, 0.2) is 0 Å². The van der Waals surface area contributed by atoms with E-state index in [1.165, 1.54) is 0 Å². The lowest BCUT2D eigenvalue weighted by atomic mass is 10.0. The van der Waals surface area contributed by atoms with Gasteiger partial charge in [0.25, 0.3) is 0 Å². The van der Waals surface area contributed by atoms with Crippen molar-refractivity contribution in [1.29, 1.82) is 0 Å². The first kappa shape index (κ1) is 16.0. The van der Waals surface area contributed by atoms with Gasteiger partial charge < -0.3 is 14.8 Å². The zero-order valence-corrected chi connectivity index (χ0v) is 13.6. The van der Waals surface area contributed by atoms with Gasteiger partial charge in [0.05, 0.1) is 25.9 Å². The highest BCUT2D eigenvalue weighted by Gasteiger charge is 2.28. The molecule has 3 nitrogen and oxygen atoms in total. The summed E-state index contributed by atoms with van der Waals surface area (Å²) in [5.41, 5.74) is 1.08. The molecule has 0 radical (unpaired) electrons. The monoisotopic (exact) mass is 315 g/mol. The Morgan fingerprint density at radius 3 is 3.05 bits per heavy atom. The summed E-state index contributed by atoms with van der Waals surface area (Å²) in [6.45, 7) is 3.92. The number of hydrogen-bond donors (Lipinski definition) is 1. The smallest absolute Gasteiger partial charge is 0.123 e. The molecule has 2 unspecified atom stereocenters. The third kappa shape index (κ3) is 4.04. The van der Waals surface area contributed by atoms with Crippen LogP contribution in [0.5, 0.6) is 5.75 Å². The van der Waals surface area contributed by atoms with Crippen LogP contribution in [0, 0.1) is 0 Å². The van der Waals surface area contributed by atoms with Crippen LogP contribution in [-0.2, 0) is 4.74 Å². The highest BCUT2D eigenvalue weighted by molar-refractivity contribution is 7.99. The number of thioether (sulfide) groups is 1. The maximum atomic E-state index is 6.16. The minimum absolute atomic E-state index is 0.122. The van der Waals surface area contributed by atoms with Crippen molar-refractivity contribution in [1.82, 2.24) is 5.32 Å². The van der Waals surface area contributed by atoms with E-state index in [2.05, 4.69) is 12.2 Å². The van der Waals surface area contributed by atoms with Crippen LogP contribution < -0.4 is 10.1 Å². The van der Waals surface area contributed by atoms with E-state index in [4.69, 9.17) is 21.1 Å². The summed E-state index contributed by atoms with van der Waals surface area (Å²) in [7, 11) is 1.69. The van der Waals surface area contributed by atoms with Crippen LogP contribution in [0.15, 0.2) is 18.2 Å². The van der Waals surface area contributed by atoms with Crippen molar-refractivity contribution in [3.63, 3.8) is 0 Å². The van der Waals surface area contributed by atoms with Gasteiger partial charge in [0.2, 0.25) is 0 Å². The minimum Gasteiger partial charge on any atom is -0.496 e. The van der Waals surface area contributed by atoms with Crippen LogP contribution >= 0.6 is 23.4 Å². The molecule has 0 aromatic heterocycles. The number of halogens is 1. The molecular weight excluding hydrogens is 294 g/mol. The summed E-state index contributed by atoms with van der Waals surface area (Å²) in [5.74, 6) is 2.93. The Labute approximate surface area is 130 Å². The van der Waals surface area contributed by atoms with Crippen molar-refractivity contribution < 1.29 is 9.47 Å². The van der Waals surface area contributed by atoms with E-state index in [1.54, 1.807) is 7.11 Å². The highest BCUT2D eigenvalue weighted by atomic mass is 35.5. The van der Waals surface area contributed by atoms with E-state index in [-0.39, 0.29) is 12.1 Å². The van der Waals surface area contributed by atoms with Gasteiger partial charge in [-0.15, -0.1) is 0 Å². The molecule has 20 heavy (non-hydrogen) atoms. The van der Waals surface area contributed by atoms with Gasteiger partial charge >= 0.3 is 0 Å². The molecule has 1 aliphatic rings. The van der Waals surface area contributed by atoms with Crippen molar-refractivity contribution in [2.75, 3.05) is 31.8 Å². The SMILES string of the molecule is CCCNC(c1cc(Cl)ccc1OC)C1CSCCO1. The van der Waals surface area contributed by atoms with Crippen LogP contribution in [0.1, 0.15) is 24.9 Å². The fourth-order valence-electron chi connectivity index (χ4n) is 2.39. The molecule has 0 spiro atoms. The Hall–Kier alpha value is -0.420. The number of rotatable bonds is 6. The summed E-state index contributed by atoms with van der Waals surface area (Å²) in [5, 5.41) is 4.31. The van der Waals surface area contributed by atoms with Crippen LogP contribution in [0.2, 0.25) is 5.02 Å². The second kappa shape index (κ2) is 8.13. The summed E-state index contributed by atoms with van der Waals surface area (Å²) < 4.78 is 11.4. The van der Waals surface area contributed by atoms with Crippen LogP contribution in [0.4, 0.5) is 0 Å². The lowest BCUT2D eigenvalue weighted by molar-refractivity contribution is 0.0461. The molecule has 0 saturated carbocycles. The third-order valence-corrected chi connectivity index (χ3v) is 4.61. The van der Waals surface area contributed by atoms with Gasteiger partial charge in [0, 0.05) is 22.1 Å². The molecule has 2 atom stereocenters. The second-order valence-electron chi connectivity index (χ2n) is 4.80. The Bertz CT molecular complexity index is 424. The lowest BCUT2D eigenvalue weighted by Crippen LogP contribution is -2.38. The number of hydrogen-bond acceptors (Lipinski definition) is 4. The molecule has 2 rings (SSSR count). The van der Waals surface area contributed by atoms with Crippen LogP contribution in [0.3, 0.4) is 0 Å². The molecule has 1 aliphatic heterocycles. The van der Waals surface area contributed by atoms with Gasteiger partial charge in [-0.2, -0.15) is 11.8 Å².